The lowest BCUT2D eigenvalue weighted by Gasteiger charge is -2.32. The van der Waals surface area contributed by atoms with Crippen molar-refractivity contribution < 1.29 is 14.0 Å². The van der Waals surface area contributed by atoms with E-state index in [9.17, 15) is 23.6 Å². The Balaban J connectivity index is 1.36. The zero-order valence-electron chi connectivity index (χ0n) is 23.5. The Hall–Kier alpha value is -4.44. The summed E-state index contributed by atoms with van der Waals surface area (Å²) in [6.07, 6.45) is 5.73. The predicted molar refractivity (Wildman–Crippen MR) is 157 cm³/mol. The van der Waals surface area contributed by atoms with Crippen molar-refractivity contribution in [2.45, 2.75) is 56.1 Å². The molecule has 4 aromatic rings. The third-order valence-electron chi connectivity index (χ3n) is 8.78. The molecule has 0 aliphatic heterocycles. The van der Waals surface area contributed by atoms with Crippen molar-refractivity contribution in [2.24, 2.45) is 0 Å². The summed E-state index contributed by atoms with van der Waals surface area (Å²) in [5.74, 6) is -0.634. The highest BCUT2D eigenvalue weighted by Crippen LogP contribution is 2.40. The summed E-state index contributed by atoms with van der Waals surface area (Å²) in [7, 11) is 3.83. The zero-order chi connectivity index (χ0) is 29.6. The van der Waals surface area contributed by atoms with E-state index in [-0.39, 0.29) is 23.0 Å². The van der Waals surface area contributed by atoms with Gasteiger partial charge < -0.3 is 5.32 Å². The summed E-state index contributed by atoms with van der Waals surface area (Å²) in [6.45, 7) is 0. The van der Waals surface area contributed by atoms with Gasteiger partial charge >= 0.3 is 5.69 Å². The summed E-state index contributed by atoms with van der Waals surface area (Å²) in [4.78, 5) is 57.8. The molecule has 0 atom stereocenters. The van der Waals surface area contributed by atoms with Crippen molar-refractivity contribution >= 4 is 23.2 Å². The molecule has 0 bridgehead atoms. The highest BCUT2D eigenvalue weighted by Gasteiger charge is 2.52. The molecule has 0 radical (unpaired) electrons. The summed E-state index contributed by atoms with van der Waals surface area (Å²) in [6, 6.07) is 15.0. The van der Waals surface area contributed by atoms with Crippen LogP contribution < -0.4 is 16.6 Å². The van der Waals surface area contributed by atoms with Gasteiger partial charge in [0.05, 0.1) is 22.8 Å². The second-order valence-corrected chi connectivity index (χ2v) is 11.5. The monoisotopic (exact) mass is 569 g/mol. The first-order valence-corrected chi connectivity index (χ1v) is 14.2. The number of halogens is 1. The van der Waals surface area contributed by atoms with Crippen LogP contribution in [0.25, 0.3) is 27.8 Å². The fraction of sp³-hybridized carbons (Fsp3) is 0.344. The van der Waals surface area contributed by atoms with E-state index in [1.54, 1.807) is 24.3 Å². The summed E-state index contributed by atoms with van der Waals surface area (Å²) in [5.41, 5.74) is 1.20. The lowest BCUT2D eigenvalue weighted by atomic mass is 9.90. The third-order valence-corrected chi connectivity index (χ3v) is 8.78. The van der Waals surface area contributed by atoms with Gasteiger partial charge in [0.25, 0.3) is 5.56 Å². The van der Waals surface area contributed by atoms with Crippen molar-refractivity contribution in [3.63, 3.8) is 0 Å². The van der Waals surface area contributed by atoms with Gasteiger partial charge in [-0.2, -0.15) is 0 Å². The number of likely N-dealkylation sites (N-methyl/N-ethyl adjacent to an activating group) is 1. The number of pyridine rings is 1. The number of aldehydes is 1. The van der Waals surface area contributed by atoms with Crippen LogP contribution in [0.5, 0.6) is 0 Å². The molecule has 1 amide bonds. The maximum absolute atomic E-state index is 14.3. The van der Waals surface area contributed by atoms with Crippen LogP contribution in [0.3, 0.4) is 0 Å². The Morgan fingerprint density at radius 1 is 1.02 bits per heavy atom. The van der Waals surface area contributed by atoms with Crippen LogP contribution in [0.2, 0.25) is 0 Å². The molecule has 0 unspecified atom stereocenters. The molecular weight excluding hydrogens is 537 g/mol. The van der Waals surface area contributed by atoms with Crippen molar-refractivity contribution in [1.82, 2.24) is 24.3 Å². The molecule has 6 rings (SSSR count). The molecule has 2 fully saturated rings. The van der Waals surface area contributed by atoms with Crippen molar-refractivity contribution in [3.8, 4) is 16.8 Å². The Morgan fingerprint density at radius 3 is 2.38 bits per heavy atom. The number of benzene rings is 2. The van der Waals surface area contributed by atoms with E-state index in [0.717, 1.165) is 42.5 Å². The van der Waals surface area contributed by atoms with E-state index in [1.807, 2.05) is 43.3 Å². The molecular formula is C32H32FN5O4. The lowest BCUT2D eigenvalue weighted by molar-refractivity contribution is -0.128. The molecule has 2 saturated carbocycles. The summed E-state index contributed by atoms with van der Waals surface area (Å²) in [5, 5.41) is 3.20. The highest BCUT2D eigenvalue weighted by molar-refractivity contribution is 5.89. The molecule has 2 heterocycles. The SMILES string of the molecule is CN(C)C1(C(=O)N[C@H]2CC[C@@H](n3c(=O)c4cc(F)cnc4n(-c4cccc(-c5ccc(C=O)cc5)c4)c3=O)CC2)CC1. The Morgan fingerprint density at radius 2 is 1.74 bits per heavy atom. The predicted octanol–water partition coefficient (Wildman–Crippen LogP) is 3.86. The molecule has 1 N–H and O–H groups in total. The van der Waals surface area contributed by atoms with E-state index in [1.165, 1.54) is 9.13 Å². The van der Waals surface area contributed by atoms with Crippen LogP contribution in [-0.4, -0.2) is 56.9 Å². The number of rotatable bonds is 7. The van der Waals surface area contributed by atoms with E-state index in [4.69, 9.17) is 0 Å². The minimum atomic E-state index is -0.665. The van der Waals surface area contributed by atoms with Crippen LogP contribution in [0, 0.1) is 5.82 Å². The summed E-state index contributed by atoms with van der Waals surface area (Å²) < 4.78 is 16.9. The summed E-state index contributed by atoms with van der Waals surface area (Å²) >= 11 is 0. The minimum Gasteiger partial charge on any atom is -0.352 e. The van der Waals surface area contributed by atoms with E-state index < -0.39 is 28.6 Å². The normalized spacial score (nSPS) is 19.5. The van der Waals surface area contributed by atoms with Gasteiger partial charge in [-0.3, -0.25) is 23.9 Å². The Labute approximate surface area is 241 Å². The van der Waals surface area contributed by atoms with Crippen molar-refractivity contribution in [3.05, 3.63) is 93.0 Å². The van der Waals surface area contributed by atoms with E-state index >= 15 is 0 Å². The molecule has 2 aromatic carbocycles. The lowest BCUT2D eigenvalue weighted by Crippen LogP contribution is -2.50. The first-order valence-electron chi connectivity index (χ1n) is 14.2. The largest absolute Gasteiger partial charge is 0.352 e. The fourth-order valence-electron chi connectivity index (χ4n) is 6.11. The van der Waals surface area contributed by atoms with E-state index in [2.05, 4.69) is 10.3 Å². The maximum atomic E-state index is 14.3. The van der Waals surface area contributed by atoms with Gasteiger partial charge in [0.1, 0.15) is 12.1 Å². The van der Waals surface area contributed by atoms with Crippen molar-refractivity contribution in [1.29, 1.82) is 0 Å². The average Bonchev–Trinajstić information content (AvgIpc) is 3.82. The Bertz CT molecular complexity index is 1800. The third kappa shape index (κ3) is 4.85. The Kier molecular flexibility index (Phi) is 7.10. The quantitative estimate of drug-likeness (QED) is 0.339. The topological polar surface area (TPSA) is 106 Å². The number of amides is 1. The average molecular weight is 570 g/mol. The fourth-order valence-corrected chi connectivity index (χ4v) is 6.11. The molecule has 10 heteroatoms. The second-order valence-electron chi connectivity index (χ2n) is 11.5. The minimum absolute atomic E-state index is 0.0208. The number of fused-ring (bicyclic) bond motifs is 1. The smallest absolute Gasteiger partial charge is 0.337 e. The van der Waals surface area contributed by atoms with E-state index in [0.29, 0.717) is 36.9 Å². The maximum Gasteiger partial charge on any atom is 0.337 e. The number of nitrogens with one attached hydrogen (secondary N) is 1. The number of carbonyl (C=O) groups is 2. The van der Waals surface area contributed by atoms with Crippen LogP contribution in [0.4, 0.5) is 4.39 Å². The van der Waals surface area contributed by atoms with Gasteiger partial charge in [-0.05, 0) is 81.9 Å². The van der Waals surface area contributed by atoms with Gasteiger partial charge in [-0.25, -0.2) is 18.7 Å². The number of carbonyl (C=O) groups excluding carboxylic acids is 2. The van der Waals surface area contributed by atoms with Crippen LogP contribution >= 0.6 is 0 Å². The zero-order valence-corrected chi connectivity index (χ0v) is 23.5. The van der Waals surface area contributed by atoms with Crippen LogP contribution in [-0.2, 0) is 4.79 Å². The molecule has 9 nitrogen and oxygen atoms in total. The molecule has 0 spiro atoms. The number of nitrogens with zero attached hydrogens (tertiary/aromatic N) is 4. The molecule has 42 heavy (non-hydrogen) atoms. The highest BCUT2D eigenvalue weighted by atomic mass is 19.1. The van der Waals surface area contributed by atoms with Crippen LogP contribution in [0.15, 0.2) is 70.4 Å². The van der Waals surface area contributed by atoms with Gasteiger partial charge in [0.15, 0.2) is 5.65 Å². The first kappa shape index (κ1) is 27.7. The van der Waals surface area contributed by atoms with Gasteiger partial charge in [0.2, 0.25) is 5.91 Å². The standard InChI is InChI=1S/C32H32FN5O4/c1-36(2)32(14-15-32)30(41)35-24-10-12-25(13-11-24)38-29(40)27-17-23(33)18-34-28(27)37(31(38)42)26-5-3-4-22(16-26)21-8-6-20(19-39)7-9-21/h3-9,16-19,24-25H,10-15H2,1-2H3,(H,35,41)/t24-,25+. The molecule has 2 aromatic heterocycles. The molecule has 2 aliphatic rings. The van der Waals surface area contributed by atoms with Gasteiger partial charge in [-0.1, -0.05) is 36.4 Å². The number of aromatic nitrogens is 3. The van der Waals surface area contributed by atoms with Gasteiger partial charge in [-0.15, -0.1) is 0 Å². The second kappa shape index (κ2) is 10.8. The number of hydrogen-bond acceptors (Lipinski definition) is 6. The first-order chi connectivity index (χ1) is 20.2. The van der Waals surface area contributed by atoms with Gasteiger partial charge in [0, 0.05) is 17.6 Å². The molecule has 216 valence electrons. The number of hydrogen-bond donors (Lipinski definition) is 1. The molecule has 0 saturated heterocycles. The van der Waals surface area contributed by atoms with Crippen molar-refractivity contribution in [2.75, 3.05) is 14.1 Å². The van der Waals surface area contributed by atoms with Crippen LogP contribution in [0.1, 0.15) is 54.9 Å². The molecule has 2 aliphatic carbocycles.